The first kappa shape index (κ1) is 7.41. The molecule has 0 aromatic heterocycles. The molecule has 0 aromatic carbocycles. The number of hydrogen-bond donors (Lipinski definition) is 1. The Balaban J connectivity index is 2.08. The SMILES string of the molecule is O[C@@H]1CC2CC1CC2N=C=S. The van der Waals surface area contributed by atoms with E-state index >= 15 is 0 Å². The van der Waals surface area contributed by atoms with E-state index in [0.29, 0.717) is 17.9 Å². The summed E-state index contributed by atoms with van der Waals surface area (Å²) in [7, 11) is 0. The van der Waals surface area contributed by atoms with Gasteiger partial charge in [-0.3, -0.25) is 0 Å². The van der Waals surface area contributed by atoms with E-state index in [1.807, 2.05) is 0 Å². The number of aliphatic hydroxyl groups is 1. The van der Waals surface area contributed by atoms with Gasteiger partial charge in [-0.2, -0.15) is 0 Å². The first-order valence-electron chi connectivity index (χ1n) is 4.06. The minimum Gasteiger partial charge on any atom is -0.393 e. The lowest BCUT2D eigenvalue weighted by atomic mass is 9.94. The second-order valence-electron chi connectivity index (χ2n) is 3.58. The number of aliphatic hydroxyl groups excluding tert-OH is 1. The Morgan fingerprint density at radius 3 is 2.55 bits per heavy atom. The summed E-state index contributed by atoms with van der Waals surface area (Å²) < 4.78 is 0. The maximum atomic E-state index is 9.42. The number of nitrogens with zero attached hydrogens (tertiary/aromatic N) is 1. The molecule has 4 atom stereocenters. The molecule has 3 heteroatoms. The van der Waals surface area contributed by atoms with Crippen LogP contribution in [-0.4, -0.2) is 22.4 Å². The summed E-state index contributed by atoms with van der Waals surface area (Å²) in [6.45, 7) is 0. The van der Waals surface area contributed by atoms with Gasteiger partial charge in [0.2, 0.25) is 0 Å². The summed E-state index contributed by atoms with van der Waals surface area (Å²) in [5, 5.41) is 11.9. The van der Waals surface area contributed by atoms with Crippen molar-refractivity contribution in [3.05, 3.63) is 0 Å². The Morgan fingerprint density at radius 1 is 1.27 bits per heavy atom. The molecular weight excluding hydrogens is 158 g/mol. The van der Waals surface area contributed by atoms with E-state index in [2.05, 4.69) is 22.4 Å². The molecule has 2 aliphatic rings. The lowest BCUT2D eigenvalue weighted by Gasteiger charge is -2.20. The van der Waals surface area contributed by atoms with Gasteiger partial charge in [0, 0.05) is 0 Å². The molecular formula is C8H11NOS. The lowest BCUT2D eigenvalue weighted by Crippen LogP contribution is -2.23. The zero-order valence-corrected chi connectivity index (χ0v) is 7.05. The summed E-state index contributed by atoms with van der Waals surface area (Å²) in [5.74, 6) is 1.09. The molecule has 0 radical (unpaired) electrons. The van der Waals surface area contributed by atoms with E-state index in [1.54, 1.807) is 0 Å². The van der Waals surface area contributed by atoms with Crippen molar-refractivity contribution in [3.63, 3.8) is 0 Å². The van der Waals surface area contributed by atoms with Crippen molar-refractivity contribution >= 4 is 17.4 Å². The van der Waals surface area contributed by atoms with E-state index < -0.39 is 0 Å². The molecule has 11 heavy (non-hydrogen) atoms. The Labute approximate surface area is 71.3 Å². The first-order chi connectivity index (χ1) is 5.31. The monoisotopic (exact) mass is 169 g/mol. The minimum absolute atomic E-state index is 0.0587. The van der Waals surface area contributed by atoms with Gasteiger partial charge in [-0.1, -0.05) is 0 Å². The minimum atomic E-state index is -0.0587. The van der Waals surface area contributed by atoms with Gasteiger partial charge in [0.15, 0.2) is 0 Å². The molecule has 0 aliphatic heterocycles. The smallest absolute Gasteiger partial charge is 0.0635 e. The molecule has 60 valence electrons. The highest BCUT2D eigenvalue weighted by Gasteiger charge is 2.44. The van der Waals surface area contributed by atoms with Crippen molar-refractivity contribution < 1.29 is 5.11 Å². The van der Waals surface area contributed by atoms with Crippen molar-refractivity contribution in [2.75, 3.05) is 0 Å². The van der Waals surface area contributed by atoms with Crippen molar-refractivity contribution in [2.24, 2.45) is 16.8 Å². The van der Waals surface area contributed by atoms with Gasteiger partial charge in [-0.25, -0.2) is 4.99 Å². The van der Waals surface area contributed by atoms with Crippen LogP contribution in [-0.2, 0) is 0 Å². The average molecular weight is 169 g/mol. The first-order valence-corrected chi connectivity index (χ1v) is 4.47. The van der Waals surface area contributed by atoms with Gasteiger partial charge >= 0.3 is 0 Å². The highest BCUT2D eigenvalue weighted by atomic mass is 32.1. The van der Waals surface area contributed by atoms with Crippen LogP contribution in [0.25, 0.3) is 0 Å². The van der Waals surface area contributed by atoms with Crippen LogP contribution in [0, 0.1) is 11.8 Å². The quantitative estimate of drug-likeness (QED) is 0.473. The molecule has 3 unspecified atom stereocenters. The van der Waals surface area contributed by atoms with Crippen LogP contribution in [0.1, 0.15) is 19.3 Å². The van der Waals surface area contributed by atoms with Crippen LogP contribution in [0.3, 0.4) is 0 Å². The number of aliphatic imine (C=N–C) groups is 1. The number of fused-ring (bicyclic) bond motifs is 2. The number of thiocarbonyl (C=S) groups is 1. The normalized spacial score (nSPS) is 47.4. The highest BCUT2D eigenvalue weighted by molar-refractivity contribution is 7.78. The van der Waals surface area contributed by atoms with Crippen molar-refractivity contribution in [1.82, 2.24) is 0 Å². The van der Waals surface area contributed by atoms with Crippen molar-refractivity contribution in [3.8, 4) is 0 Å². The number of rotatable bonds is 1. The fraction of sp³-hybridized carbons (Fsp3) is 0.875. The Hall–Kier alpha value is -0.240. The molecule has 0 heterocycles. The van der Waals surface area contributed by atoms with Crippen LogP contribution in [0.15, 0.2) is 4.99 Å². The zero-order valence-electron chi connectivity index (χ0n) is 6.23. The van der Waals surface area contributed by atoms with Crippen LogP contribution >= 0.6 is 12.2 Å². The van der Waals surface area contributed by atoms with Crippen LogP contribution in [0.5, 0.6) is 0 Å². The van der Waals surface area contributed by atoms with E-state index in [1.165, 1.54) is 0 Å². The average Bonchev–Trinajstić information content (AvgIpc) is 2.47. The maximum absolute atomic E-state index is 9.42. The summed E-state index contributed by atoms with van der Waals surface area (Å²) in [4.78, 5) is 4.09. The summed E-state index contributed by atoms with van der Waals surface area (Å²) in [6.07, 6.45) is 3.04. The summed E-state index contributed by atoms with van der Waals surface area (Å²) in [6, 6.07) is 0.376. The maximum Gasteiger partial charge on any atom is 0.0635 e. The van der Waals surface area contributed by atoms with Crippen molar-refractivity contribution in [1.29, 1.82) is 0 Å². The van der Waals surface area contributed by atoms with Gasteiger partial charge in [0.1, 0.15) is 0 Å². The third-order valence-corrected chi connectivity index (χ3v) is 3.11. The topological polar surface area (TPSA) is 32.6 Å². The van der Waals surface area contributed by atoms with Gasteiger partial charge in [0.25, 0.3) is 0 Å². The predicted molar refractivity (Wildman–Crippen MR) is 45.7 cm³/mol. The summed E-state index contributed by atoms with van der Waals surface area (Å²) >= 11 is 4.55. The van der Waals surface area contributed by atoms with E-state index in [0.717, 1.165) is 19.3 Å². The molecule has 2 fully saturated rings. The molecule has 1 N–H and O–H groups in total. The van der Waals surface area contributed by atoms with Crippen molar-refractivity contribution in [2.45, 2.75) is 31.4 Å². The van der Waals surface area contributed by atoms with E-state index in [9.17, 15) is 5.11 Å². The van der Waals surface area contributed by atoms with Gasteiger partial charge in [-0.15, -0.1) is 0 Å². The third-order valence-electron chi connectivity index (χ3n) is 3.00. The summed E-state index contributed by atoms with van der Waals surface area (Å²) in [5.41, 5.74) is 0. The molecule has 0 saturated heterocycles. The largest absolute Gasteiger partial charge is 0.393 e. The van der Waals surface area contributed by atoms with Gasteiger partial charge in [-0.05, 0) is 43.3 Å². The molecule has 0 amide bonds. The Bertz CT molecular complexity index is 210. The molecule has 0 spiro atoms. The third kappa shape index (κ3) is 1.13. The van der Waals surface area contributed by atoms with Gasteiger partial charge in [0.05, 0.1) is 17.3 Å². The highest BCUT2D eigenvalue weighted by Crippen LogP contribution is 2.45. The fourth-order valence-corrected chi connectivity index (χ4v) is 2.58. The molecule has 0 aromatic rings. The fourth-order valence-electron chi connectivity index (χ4n) is 2.44. The molecule has 2 bridgehead atoms. The predicted octanol–water partition coefficient (Wildman–Crippen LogP) is 1.25. The second-order valence-corrected chi connectivity index (χ2v) is 3.76. The van der Waals surface area contributed by atoms with Crippen LogP contribution in [0.2, 0.25) is 0 Å². The molecule has 2 nitrogen and oxygen atoms in total. The van der Waals surface area contributed by atoms with Crippen LogP contribution < -0.4 is 0 Å². The lowest BCUT2D eigenvalue weighted by molar-refractivity contribution is 0.108. The van der Waals surface area contributed by atoms with E-state index in [4.69, 9.17) is 0 Å². The molecule has 2 rings (SSSR count). The number of hydrogen-bond acceptors (Lipinski definition) is 3. The zero-order chi connectivity index (χ0) is 7.84. The molecule has 2 aliphatic carbocycles. The van der Waals surface area contributed by atoms with Gasteiger partial charge < -0.3 is 5.11 Å². The Kier molecular flexibility index (Phi) is 1.80. The molecule has 2 saturated carbocycles. The standard InChI is InChI=1S/C8H11NOS/c10-8-3-5-1-6(8)2-7(5)9-4-11/h5-8,10H,1-3H2/t5?,6?,7?,8-/m1/s1. The number of isothiocyanates is 1. The van der Waals surface area contributed by atoms with E-state index in [-0.39, 0.29) is 6.10 Å². The second kappa shape index (κ2) is 2.67. The van der Waals surface area contributed by atoms with Crippen LogP contribution in [0.4, 0.5) is 0 Å². The Morgan fingerprint density at radius 2 is 2.09 bits per heavy atom.